The van der Waals surface area contributed by atoms with Gasteiger partial charge in [0.25, 0.3) is 0 Å². The predicted octanol–water partition coefficient (Wildman–Crippen LogP) is 0.471. The van der Waals surface area contributed by atoms with E-state index in [0.717, 1.165) is 0 Å². The fourth-order valence-electron chi connectivity index (χ4n) is 0.437. The van der Waals surface area contributed by atoms with Crippen LogP contribution in [0.4, 0.5) is 4.79 Å². The van der Waals surface area contributed by atoms with E-state index >= 15 is 0 Å². The van der Waals surface area contributed by atoms with Crippen LogP contribution in [-0.2, 0) is 14.8 Å². The van der Waals surface area contributed by atoms with Gasteiger partial charge in [0, 0.05) is 0 Å². The van der Waals surface area contributed by atoms with E-state index in [2.05, 4.69) is 4.74 Å². The van der Waals surface area contributed by atoms with Crippen LogP contribution in [0.1, 0.15) is 20.8 Å². The lowest BCUT2D eigenvalue weighted by molar-refractivity contribution is 0.121. The van der Waals surface area contributed by atoms with E-state index < -0.39 is 16.1 Å². The molecule has 0 bridgehead atoms. The summed E-state index contributed by atoms with van der Waals surface area (Å²) in [4.78, 5) is 10.7. The second-order valence-corrected chi connectivity index (χ2v) is 4.47. The lowest BCUT2D eigenvalue weighted by atomic mass is 10.5. The highest BCUT2D eigenvalue weighted by Crippen LogP contribution is 1.90. The Labute approximate surface area is 72.1 Å². The minimum atomic E-state index is -3.49. The van der Waals surface area contributed by atoms with Gasteiger partial charge >= 0.3 is 6.09 Å². The van der Waals surface area contributed by atoms with Gasteiger partial charge in [-0.1, -0.05) is 0 Å². The molecule has 0 aliphatic carbocycles. The third-order valence-electron chi connectivity index (χ3n) is 0.962. The summed E-state index contributed by atoms with van der Waals surface area (Å²) in [5, 5.41) is 0. The Hall–Kier alpha value is -0.780. The molecule has 0 saturated heterocycles. The van der Waals surface area contributed by atoms with E-state index in [0.29, 0.717) is 0 Å². The first-order valence-corrected chi connectivity index (χ1v) is 5.23. The summed E-state index contributed by atoms with van der Waals surface area (Å²) in [5.41, 5.74) is 0. The average molecular weight is 195 g/mol. The largest absolute Gasteiger partial charge is 0.446 e. The van der Waals surface area contributed by atoms with E-state index in [1.807, 2.05) is 0 Å². The maximum atomic E-state index is 10.8. The summed E-state index contributed by atoms with van der Waals surface area (Å²) in [5.74, 6) is -0.139. The van der Waals surface area contributed by atoms with Crippen molar-refractivity contribution >= 4 is 16.1 Å². The fraction of sp³-hybridized carbons (Fsp3) is 0.833. The number of carbonyl (C=O) groups excluding carboxylic acids is 1. The van der Waals surface area contributed by atoms with Crippen molar-refractivity contribution in [1.29, 1.82) is 0 Å². The molecule has 6 heteroatoms. The van der Waals surface area contributed by atoms with Gasteiger partial charge in [0.1, 0.15) is 0 Å². The molecule has 0 aliphatic heterocycles. The van der Waals surface area contributed by atoms with Gasteiger partial charge in [-0.25, -0.2) is 17.9 Å². The predicted molar refractivity (Wildman–Crippen MR) is 44.2 cm³/mol. The van der Waals surface area contributed by atoms with Gasteiger partial charge in [0.15, 0.2) is 0 Å². The lowest BCUT2D eigenvalue weighted by Gasteiger charge is -2.08. The normalized spacial score (nSPS) is 11.3. The minimum Gasteiger partial charge on any atom is -0.446 e. The maximum Gasteiger partial charge on any atom is 0.421 e. The Balaban J connectivity index is 4.02. The molecule has 0 fully saturated rings. The lowest BCUT2D eigenvalue weighted by Crippen LogP contribution is -2.33. The molecular formula is C6H13NO4S. The van der Waals surface area contributed by atoms with Crippen LogP contribution in [-0.4, -0.2) is 26.4 Å². The van der Waals surface area contributed by atoms with E-state index in [4.69, 9.17) is 0 Å². The van der Waals surface area contributed by atoms with Gasteiger partial charge in [0.2, 0.25) is 10.0 Å². The number of amides is 1. The highest BCUT2D eigenvalue weighted by atomic mass is 32.2. The second-order valence-electron chi connectivity index (χ2n) is 2.46. The molecular weight excluding hydrogens is 182 g/mol. The molecule has 0 rings (SSSR count). The van der Waals surface area contributed by atoms with Gasteiger partial charge in [-0.05, 0) is 20.8 Å². The van der Waals surface area contributed by atoms with Crippen molar-refractivity contribution < 1.29 is 17.9 Å². The molecule has 5 nitrogen and oxygen atoms in total. The first kappa shape index (κ1) is 11.2. The van der Waals surface area contributed by atoms with Crippen LogP contribution in [0.5, 0.6) is 0 Å². The zero-order chi connectivity index (χ0) is 9.78. The molecule has 1 amide bonds. The van der Waals surface area contributed by atoms with Crippen LogP contribution in [0.15, 0.2) is 0 Å². The van der Waals surface area contributed by atoms with E-state index in [-0.39, 0.29) is 11.9 Å². The Bertz CT molecular complexity index is 244. The zero-order valence-corrected chi connectivity index (χ0v) is 8.14. The van der Waals surface area contributed by atoms with Crippen molar-refractivity contribution in [2.75, 3.05) is 5.75 Å². The molecule has 1 N–H and O–H groups in total. The first-order valence-electron chi connectivity index (χ1n) is 3.58. The van der Waals surface area contributed by atoms with Crippen LogP contribution in [0, 0.1) is 0 Å². The van der Waals surface area contributed by atoms with Gasteiger partial charge in [-0.15, -0.1) is 0 Å². The van der Waals surface area contributed by atoms with Crippen molar-refractivity contribution in [3.63, 3.8) is 0 Å². The number of ether oxygens (including phenoxy) is 1. The Kier molecular flexibility index (Phi) is 4.02. The van der Waals surface area contributed by atoms with Crippen molar-refractivity contribution in [1.82, 2.24) is 4.72 Å². The van der Waals surface area contributed by atoms with E-state index in [1.54, 1.807) is 18.6 Å². The summed E-state index contributed by atoms with van der Waals surface area (Å²) in [6.45, 7) is 4.71. The number of hydrogen-bond acceptors (Lipinski definition) is 4. The number of rotatable bonds is 3. The van der Waals surface area contributed by atoms with Gasteiger partial charge in [-0.2, -0.15) is 0 Å². The summed E-state index contributed by atoms with van der Waals surface area (Å²) >= 11 is 0. The summed E-state index contributed by atoms with van der Waals surface area (Å²) in [6.07, 6.45) is -1.25. The maximum absolute atomic E-state index is 10.8. The molecule has 0 aromatic carbocycles. The Morgan fingerprint density at radius 1 is 1.50 bits per heavy atom. The topological polar surface area (TPSA) is 72.5 Å². The van der Waals surface area contributed by atoms with Crippen molar-refractivity contribution in [2.24, 2.45) is 0 Å². The molecule has 0 spiro atoms. The number of carbonyl (C=O) groups is 1. The van der Waals surface area contributed by atoms with Crippen LogP contribution in [0.3, 0.4) is 0 Å². The minimum absolute atomic E-state index is 0.139. The summed E-state index contributed by atoms with van der Waals surface area (Å²) < 4.78 is 27.9. The van der Waals surface area contributed by atoms with Crippen LogP contribution < -0.4 is 4.72 Å². The summed E-state index contributed by atoms with van der Waals surface area (Å²) in [6, 6.07) is 0. The van der Waals surface area contributed by atoms with Crippen molar-refractivity contribution in [3.8, 4) is 0 Å². The van der Waals surface area contributed by atoms with Crippen molar-refractivity contribution in [3.05, 3.63) is 0 Å². The van der Waals surface area contributed by atoms with Gasteiger partial charge in [-0.3, -0.25) is 0 Å². The standard InChI is InChI=1S/C6H13NO4S/c1-4-12(9,10)7-6(8)11-5(2)3/h5H,4H2,1-3H3,(H,7,8). The molecule has 0 atom stereocenters. The third-order valence-corrected chi connectivity index (χ3v) is 2.20. The van der Waals surface area contributed by atoms with Crippen LogP contribution in [0.25, 0.3) is 0 Å². The molecule has 0 unspecified atom stereocenters. The third kappa shape index (κ3) is 4.95. The van der Waals surface area contributed by atoms with Crippen molar-refractivity contribution in [2.45, 2.75) is 26.9 Å². The Morgan fingerprint density at radius 2 is 2.00 bits per heavy atom. The molecule has 12 heavy (non-hydrogen) atoms. The number of hydrogen-bond donors (Lipinski definition) is 1. The monoisotopic (exact) mass is 195 g/mol. The average Bonchev–Trinajstić information content (AvgIpc) is 1.84. The van der Waals surface area contributed by atoms with Gasteiger partial charge in [0.05, 0.1) is 11.9 Å². The SMILES string of the molecule is CCS(=O)(=O)NC(=O)OC(C)C. The van der Waals surface area contributed by atoms with Gasteiger partial charge < -0.3 is 4.74 Å². The second kappa shape index (κ2) is 4.30. The quantitative estimate of drug-likeness (QED) is 0.710. The molecule has 0 aromatic heterocycles. The number of nitrogens with one attached hydrogen (secondary N) is 1. The summed E-state index contributed by atoms with van der Waals surface area (Å²) in [7, 11) is -3.49. The molecule has 0 aliphatic rings. The molecule has 72 valence electrons. The highest BCUT2D eigenvalue weighted by Gasteiger charge is 2.13. The van der Waals surface area contributed by atoms with E-state index in [9.17, 15) is 13.2 Å². The first-order chi connectivity index (χ1) is 5.37. The van der Waals surface area contributed by atoms with Crippen LogP contribution >= 0.6 is 0 Å². The molecule has 0 heterocycles. The van der Waals surface area contributed by atoms with E-state index in [1.165, 1.54) is 6.92 Å². The molecule has 0 aromatic rings. The Morgan fingerprint density at radius 3 is 2.33 bits per heavy atom. The zero-order valence-electron chi connectivity index (χ0n) is 7.33. The van der Waals surface area contributed by atoms with Crippen LogP contribution in [0.2, 0.25) is 0 Å². The molecule has 0 saturated carbocycles. The molecule has 0 radical (unpaired) electrons. The number of sulfonamides is 1. The fourth-order valence-corrected chi connectivity index (χ4v) is 0.884. The highest BCUT2D eigenvalue weighted by molar-refractivity contribution is 7.89. The smallest absolute Gasteiger partial charge is 0.421 e.